The van der Waals surface area contributed by atoms with Crippen LogP contribution in [0.15, 0.2) is 4.99 Å². The van der Waals surface area contributed by atoms with E-state index in [4.69, 9.17) is 4.74 Å². The topological polar surface area (TPSA) is 72.0 Å². The first-order chi connectivity index (χ1) is 8.74. The van der Waals surface area contributed by atoms with Crippen molar-refractivity contribution < 1.29 is 14.3 Å². The molecule has 0 aliphatic rings. The van der Waals surface area contributed by atoms with E-state index in [-0.39, 0.29) is 5.97 Å². The Labute approximate surface area is 109 Å². The van der Waals surface area contributed by atoms with Gasteiger partial charge >= 0.3 is 5.97 Å². The first-order valence-electron chi connectivity index (χ1n) is 6.33. The fourth-order valence-corrected chi connectivity index (χ4v) is 1.29. The van der Waals surface area contributed by atoms with Crippen molar-refractivity contribution in [3.05, 3.63) is 0 Å². The number of unbranched alkanes of at least 4 members (excludes halogenated alkanes) is 1. The van der Waals surface area contributed by atoms with Gasteiger partial charge in [0.15, 0.2) is 5.96 Å². The minimum Gasteiger partial charge on any atom is -0.469 e. The zero-order valence-corrected chi connectivity index (χ0v) is 11.6. The Bertz CT molecular complexity index is 245. The molecule has 0 fully saturated rings. The molecule has 0 atom stereocenters. The molecule has 0 aromatic heterocycles. The molecule has 0 unspecified atom stereocenters. The zero-order valence-electron chi connectivity index (χ0n) is 11.6. The van der Waals surface area contributed by atoms with Gasteiger partial charge in [-0.1, -0.05) is 0 Å². The maximum Gasteiger partial charge on any atom is 0.307 e. The largest absolute Gasteiger partial charge is 0.469 e. The maximum absolute atomic E-state index is 10.9. The van der Waals surface area contributed by atoms with Crippen molar-refractivity contribution >= 4 is 11.9 Å². The Hall–Kier alpha value is -1.30. The van der Waals surface area contributed by atoms with Gasteiger partial charge in [0.25, 0.3) is 0 Å². The number of carbonyl (C=O) groups excluding carboxylic acids is 1. The molecule has 18 heavy (non-hydrogen) atoms. The molecule has 106 valence electrons. The summed E-state index contributed by atoms with van der Waals surface area (Å²) in [6, 6.07) is 0. The molecule has 0 rings (SSSR count). The van der Waals surface area contributed by atoms with Crippen LogP contribution in [-0.4, -0.2) is 52.4 Å². The number of hydrogen-bond donors (Lipinski definition) is 2. The summed E-state index contributed by atoms with van der Waals surface area (Å²) in [5.74, 6) is 0.477. The highest BCUT2D eigenvalue weighted by atomic mass is 16.5. The lowest BCUT2D eigenvalue weighted by Gasteiger charge is -2.11. The van der Waals surface area contributed by atoms with E-state index < -0.39 is 0 Å². The van der Waals surface area contributed by atoms with Crippen molar-refractivity contribution in [2.24, 2.45) is 4.99 Å². The zero-order chi connectivity index (χ0) is 13.6. The second-order valence-electron chi connectivity index (χ2n) is 3.66. The van der Waals surface area contributed by atoms with Crippen molar-refractivity contribution in [2.45, 2.75) is 26.2 Å². The smallest absolute Gasteiger partial charge is 0.307 e. The fraction of sp³-hybridized carbons (Fsp3) is 0.833. The third-order valence-electron chi connectivity index (χ3n) is 2.28. The number of guanidine groups is 1. The molecule has 0 radical (unpaired) electrons. The summed E-state index contributed by atoms with van der Waals surface area (Å²) in [6.07, 6.45) is 2.39. The van der Waals surface area contributed by atoms with E-state index in [2.05, 4.69) is 20.4 Å². The van der Waals surface area contributed by atoms with Gasteiger partial charge in [0.05, 0.1) is 13.5 Å². The van der Waals surface area contributed by atoms with Gasteiger partial charge in [0, 0.05) is 33.4 Å². The molecule has 0 bridgehead atoms. The molecule has 6 heteroatoms. The van der Waals surface area contributed by atoms with Crippen LogP contribution in [0, 0.1) is 0 Å². The van der Waals surface area contributed by atoms with E-state index in [0.717, 1.165) is 32.6 Å². The lowest BCUT2D eigenvalue weighted by Crippen LogP contribution is -2.38. The summed E-state index contributed by atoms with van der Waals surface area (Å²) < 4.78 is 9.79. The number of ether oxygens (including phenoxy) is 2. The number of methoxy groups -OCH3 is 1. The summed E-state index contributed by atoms with van der Waals surface area (Å²) >= 11 is 0. The van der Waals surface area contributed by atoms with Crippen molar-refractivity contribution in [3.63, 3.8) is 0 Å². The molecular weight excluding hydrogens is 234 g/mol. The Balaban J connectivity index is 3.50. The lowest BCUT2D eigenvalue weighted by atomic mass is 10.3. The minimum atomic E-state index is -0.227. The summed E-state index contributed by atoms with van der Waals surface area (Å²) in [4.78, 5) is 15.0. The summed E-state index contributed by atoms with van der Waals surface area (Å²) in [5.41, 5.74) is 0. The van der Waals surface area contributed by atoms with Crippen LogP contribution < -0.4 is 10.6 Å². The van der Waals surface area contributed by atoms with E-state index in [1.165, 1.54) is 7.11 Å². The summed E-state index contributed by atoms with van der Waals surface area (Å²) in [5, 5.41) is 6.21. The number of carbonyl (C=O) groups is 1. The first kappa shape index (κ1) is 16.7. The number of nitrogens with zero attached hydrogens (tertiary/aromatic N) is 1. The van der Waals surface area contributed by atoms with Gasteiger partial charge in [0.2, 0.25) is 0 Å². The number of esters is 1. The van der Waals surface area contributed by atoms with Crippen LogP contribution in [0.3, 0.4) is 0 Å². The van der Waals surface area contributed by atoms with Crippen molar-refractivity contribution in [2.75, 3.05) is 40.5 Å². The fourth-order valence-electron chi connectivity index (χ4n) is 1.29. The summed E-state index contributed by atoms with van der Waals surface area (Å²) in [7, 11) is 3.08. The van der Waals surface area contributed by atoms with Gasteiger partial charge in [-0.15, -0.1) is 0 Å². The van der Waals surface area contributed by atoms with Crippen molar-refractivity contribution in [1.29, 1.82) is 0 Å². The van der Waals surface area contributed by atoms with E-state index in [1.54, 1.807) is 7.05 Å². The number of nitrogens with one attached hydrogen (secondary N) is 2. The van der Waals surface area contributed by atoms with Crippen molar-refractivity contribution in [1.82, 2.24) is 10.6 Å². The number of hydrogen-bond acceptors (Lipinski definition) is 4. The van der Waals surface area contributed by atoms with E-state index in [9.17, 15) is 4.79 Å². The Kier molecular flexibility index (Phi) is 11.3. The molecule has 0 spiro atoms. The average molecular weight is 259 g/mol. The van der Waals surface area contributed by atoms with Gasteiger partial charge in [-0.2, -0.15) is 0 Å². The molecule has 0 aliphatic carbocycles. The van der Waals surface area contributed by atoms with E-state index in [0.29, 0.717) is 18.9 Å². The first-order valence-corrected chi connectivity index (χ1v) is 6.33. The molecular formula is C12H25N3O3. The van der Waals surface area contributed by atoms with Crippen LogP contribution in [0.5, 0.6) is 0 Å². The van der Waals surface area contributed by atoms with Gasteiger partial charge in [0.1, 0.15) is 0 Å². The van der Waals surface area contributed by atoms with Crippen LogP contribution in [0.4, 0.5) is 0 Å². The van der Waals surface area contributed by atoms with E-state index in [1.807, 2.05) is 6.92 Å². The number of rotatable bonds is 9. The van der Waals surface area contributed by atoms with Crippen LogP contribution >= 0.6 is 0 Å². The summed E-state index contributed by atoms with van der Waals surface area (Å²) in [6.45, 7) is 4.91. The predicted octanol–water partition coefficient (Wildman–Crippen LogP) is 0.531. The standard InChI is InChI=1S/C12H25N3O3/c1-4-18-10-6-5-8-14-12(13-2)15-9-7-11(16)17-3/h4-10H2,1-3H3,(H2,13,14,15). The van der Waals surface area contributed by atoms with E-state index >= 15 is 0 Å². The van der Waals surface area contributed by atoms with Gasteiger partial charge in [-0.3, -0.25) is 9.79 Å². The monoisotopic (exact) mass is 259 g/mol. The highest BCUT2D eigenvalue weighted by Crippen LogP contribution is 1.88. The van der Waals surface area contributed by atoms with Gasteiger partial charge in [-0.25, -0.2) is 0 Å². The molecule has 6 nitrogen and oxygen atoms in total. The normalized spacial score (nSPS) is 11.2. The number of aliphatic imine (C=N–C) groups is 1. The minimum absolute atomic E-state index is 0.227. The molecule has 0 aromatic carbocycles. The van der Waals surface area contributed by atoms with Gasteiger partial charge < -0.3 is 20.1 Å². The van der Waals surface area contributed by atoms with Gasteiger partial charge in [-0.05, 0) is 19.8 Å². The molecule has 0 aliphatic heterocycles. The second kappa shape index (κ2) is 12.2. The van der Waals surface area contributed by atoms with Crippen LogP contribution in [0.2, 0.25) is 0 Å². The Morgan fingerprint density at radius 1 is 1.22 bits per heavy atom. The third-order valence-corrected chi connectivity index (χ3v) is 2.28. The SMILES string of the molecule is CCOCCCCNC(=NC)NCCC(=O)OC. The second-order valence-corrected chi connectivity index (χ2v) is 3.66. The van der Waals surface area contributed by atoms with Crippen LogP contribution in [0.1, 0.15) is 26.2 Å². The third kappa shape index (κ3) is 9.89. The molecule has 0 heterocycles. The average Bonchev–Trinajstić information content (AvgIpc) is 2.40. The molecule has 0 saturated carbocycles. The maximum atomic E-state index is 10.9. The lowest BCUT2D eigenvalue weighted by molar-refractivity contribution is -0.140. The quantitative estimate of drug-likeness (QED) is 0.273. The van der Waals surface area contributed by atoms with Crippen LogP contribution in [0.25, 0.3) is 0 Å². The highest BCUT2D eigenvalue weighted by Gasteiger charge is 2.01. The Morgan fingerprint density at radius 3 is 2.56 bits per heavy atom. The highest BCUT2D eigenvalue weighted by molar-refractivity contribution is 5.80. The molecule has 0 aromatic rings. The molecule has 2 N–H and O–H groups in total. The van der Waals surface area contributed by atoms with Crippen molar-refractivity contribution in [3.8, 4) is 0 Å². The molecule has 0 saturated heterocycles. The predicted molar refractivity (Wildman–Crippen MR) is 71.7 cm³/mol. The Morgan fingerprint density at radius 2 is 1.94 bits per heavy atom. The molecule has 0 amide bonds. The van der Waals surface area contributed by atoms with Crippen LogP contribution in [-0.2, 0) is 14.3 Å².